The zero-order chi connectivity index (χ0) is 26.6. The molecule has 208 valence electrons. The lowest BCUT2D eigenvalue weighted by Gasteiger charge is -2.33. The van der Waals surface area contributed by atoms with Gasteiger partial charge in [0.25, 0.3) is 0 Å². The summed E-state index contributed by atoms with van der Waals surface area (Å²) >= 11 is 6.52. The van der Waals surface area contributed by atoms with Crippen LogP contribution < -0.4 is 16.0 Å². The van der Waals surface area contributed by atoms with Crippen molar-refractivity contribution in [2.45, 2.75) is 70.2 Å². The van der Waals surface area contributed by atoms with Gasteiger partial charge in [0.2, 0.25) is 0 Å². The summed E-state index contributed by atoms with van der Waals surface area (Å²) in [4.78, 5) is 9.09. The molecule has 0 radical (unpaired) electrons. The topological polar surface area (TPSA) is 89.6 Å². The van der Waals surface area contributed by atoms with Crippen LogP contribution in [0, 0.1) is 11.2 Å². The Morgan fingerprint density at radius 2 is 1.71 bits per heavy atom. The Morgan fingerprint density at radius 3 is 2.45 bits per heavy atom. The maximum atomic E-state index is 14.6. The molecule has 38 heavy (non-hydrogen) atoms. The van der Waals surface area contributed by atoms with Gasteiger partial charge in [-0.05, 0) is 69.1 Å². The van der Waals surface area contributed by atoms with Gasteiger partial charge in [0, 0.05) is 50.1 Å². The minimum absolute atomic E-state index is 0.0539. The van der Waals surface area contributed by atoms with E-state index in [1.807, 2.05) is 13.0 Å². The quantitative estimate of drug-likeness (QED) is 0.393. The van der Waals surface area contributed by atoms with Crippen LogP contribution in [0.25, 0.3) is 11.3 Å². The van der Waals surface area contributed by atoms with E-state index in [9.17, 15) is 4.39 Å². The number of nitrogens with zero attached hydrogens (tertiary/aromatic N) is 2. The number of aromatic nitrogens is 2. The molecule has 0 spiro atoms. The van der Waals surface area contributed by atoms with Gasteiger partial charge in [0.15, 0.2) is 17.4 Å². The van der Waals surface area contributed by atoms with Crippen molar-refractivity contribution in [1.82, 2.24) is 15.3 Å². The lowest BCUT2D eigenvalue weighted by atomic mass is 9.82. The van der Waals surface area contributed by atoms with E-state index < -0.39 is 5.79 Å². The molecule has 2 saturated heterocycles. The molecule has 2 aliphatic heterocycles. The van der Waals surface area contributed by atoms with Crippen molar-refractivity contribution in [2.75, 3.05) is 50.2 Å². The molecule has 0 aromatic carbocycles. The zero-order valence-electron chi connectivity index (χ0n) is 22.3. The van der Waals surface area contributed by atoms with Crippen molar-refractivity contribution >= 4 is 23.2 Å². The van der Waals surface area contributed by atoms with E-state index in [1.54, 1.807) is 12.3 Å². The first-order valence-electron chi connectivity index (χ1n) is 13.7. The van der Waals surface area contributed by atoms with Crippen molar-refractivity contribution < 1.29 is 18.6 Å². The first kappa shape index (κ1) is 27.5. The molecule has 1 saturated carbocycles. The highest BCUT2D eigenvalue weighted by Crippen LogP contribution is 2.33. The third kappa shape index (κ3) is 6.93. The minimum Gasteiger partial charge on any atom is -0.381 e. The highest BCUT2D eigenvalue weighted by Gasteiger charge is 2.32. The fraction of sp³-hybridized carbons (Fsp3) is 0.643. The van der Waals surface area contributed by atoms with Crippen molar-refractivity contribution in [1.29, 1.82) is 0 Å². The summed E-state index contributed by atoms with van der Waals surface area (Å²) in [6, 6.07) is 5.78. The molecule has 0 amide bonds. The van der Waals surface area contributed by atoms with Gasteiger partial charge in [-0.3, -0.25) is 0 Å². The van der Waals surface area contributed by atoms with Crippen LogP contribution in [-0.4, -0.2) is 67.4 Å². The summed E-state index contributed by atoms with van der Waals surface area (Å²) in [6.07, 6.45) is 7.70. The molecule has 5 rings (SSSR count). The fourth-order valence-electron chi connectivity index (χ4n) is 5.41. The van der Waals surface area contributed by atoms with Crippen LogP contribution >= 0.6 is 11.6 Å². The van der Waals surface area contributed by atoms with Crippen LogP contribution in [0.1, 0.15) is 52.4 Å². The maximum absolute atomic E-state index is 14.6. The van der Waals surface area contributed by atoms with Crippen LogP contribution in [0.4, 0.5) is 16.0 Å². The molecule has 3 N–H and O–H groups in total. The zero-order valence-corrected chi connectivity index (χ0v) is 23.1. The monoisotopic (exact) mass is 547 g/mol. The average molecular weight is 548 g/mol. The van der Waals surface area contributed by atoms with Crippen molar-refractivity contribution in [3.05, 3.63) is 35.2 Å². The van der Waals surface area contributed by atoms with Crippen LogP contribution in [0.5, 0.6) is 0 Å². The van der Waals surface area contributed by atoms with E-state index in [2.05, 4.69) is 32.8 Å². The molecular weight excluding hydrogens is 509 g/mol. The van der Waals surface area contributed by atoms with Crippen molar-refractivity contribution in [2.24, 2.45) is 5.41 Å². The number of hydrogen-bond donors (Lipinski definition) is 3. The second kappa shape index (κ2) is 12.0. The third-order valence-corrected chi connectivity index (χ3v) is 8.35. The lowest BCUT2D eigenvalue weighted by molar-refractivity contribution is -0.139. The fourth-order valence-corrected chi connectivity index (χ4v) is 5.61. The third-order valence-electron chi connectivity index (χ3n) is 8.05. The predicted octanol–water partition coefficient (Wildman–Crippen LogP) is 5.24. The standard InChI is InChI=1S/C28H39ClFN5O3/c1-27(9-11-36-12-10-27)17-33-26-23(30)7-8-24(35-26)21-15-25(31-16-22(21)29)34-20-5-3-19(4-6-20)32-18-28(2)37-13-14-38-28/h7-8,15-16,19-20,32H,3-6,9-14,17-18H2,1-2H3,(H,31,34)(H,33,35)/t19-,20-. The molecule has 4 heterocycles. The van der Waals surface area contributed by atoms with E-state index >= 15 is 0 Å². The van der Waals surface area contributed by atoms with Gasteiger partial charge in [0.05, 0.1) is 23.9 Å². The molecule has 3 fully saturated rings. The first-order chi connectivity index (χ1) is 18.3. The van der Waals surface area contributed by atoms with E-state index in [0.29, 0.717) is 49.1 Å². The Bertz CT molecular complexity index is 1090. The summed E-state index contributed by atoms with van der Waals surface area (Å²) < 4.78 is 31.5. The normalized spacial score (nSPS) is 24.7. The molecule has 2 aromatic rings. The number of ether oxygens (including phenoxy) is 3. The van der Waals surface area contributed by atoms with Crippen LogP contribution in [-0.2, 0) is 14.2 Å². The Balaban J connectivity index is 1.18. The summed E-state index contributed by atoms with van der Waals surface area (Å²) in [5.74, 6) is 0.103. The van der Waals surface area contributed by atoms with Crippen LogP contribution in [0.15, 0.2) is 24.4 Å². The van der Waals surface area contributed by atoms with Crippen LogP contribution in [0.3, 0.4) is 0 Å². The van der Waals surface area contributed by atoms with E-state index in [-0.39, 0.29) is 17.1 Å². The summed E-state index contributed by atoms with van der Waals surface area (Å²) in [5.41, 5.74) is 1.39. The number of nitrogens with one attached hydrogen (secondary N) is 3. The lowest BCUT2D eigenvalue weighted by Crippen LogP contribution is -2.45. The highest BCUT2D eigenvalue weighted by atomic mass is 35.5. The van der Waals surface area contributed by atoms with Crippen LogP contribution in [0.2, 0.25) is 5.02 Å². The van der Waals surface area contributed by atoms with Gasteiger partial charge in [-0.25, -0.2) is 14.4 Å². The predicted molar refractivity (Wildman–Crippen MR) is 147 cm³/mol. The Hall–Kier alpha value is -2.04. The number of halogens is 2. The van der Waals surface area contributed by atoms with Gasteiger partial charge >= 0.3 is 0 Å². The number of rotatable bonds is 9. The second-order valence-electron chi connectivity index (χ2n) is 11.3. The van der Waals surface area contributed by atoms with Gasteiger partial charge in [0.1, 0.15) is 5.82 Å². The molecular formula is C28H39ClFN5O3. The van der Waals surface area contributed by atoms with E-state index in [4.69, 9.17) is 25.8 Å². The van der Waals surface area contributed by atoms with Gasteiger partial charge < -0.3 is 30.2 Å². The molecule has 0 unspecified atom stereocenters. The summed E-state index contributed by atoms with van der Waals surface area (Å²) in [6.45, 7) is 8.31. The number of hydrogen-bond acceptors (Lipinski definition) is 8. The Kier molecular flexibility index (Phi) is 8.69. The van der Waals surface area contributed by atoms with Gasteiger partial charge in [-0.15, -0.1) is 0 Å². The summed E-state index contributed by atoms with van der Waals surface area (Å²) in [7, 11) is 0. The smallest absolute Gasteiger partial charge is 0.178 e. The molecule has 8 nitrogen and oxygen atoms in total. The van der Waals surface area contributed by atoms with Crippen molar-refractivity contribution in [3.8, 4) is 11.3 Å². The minimum atomic E-state index is -0.509. The van der Waals surface area contributed by atoms with Gasteiger partial charge in [-0.1, -0.05) is 18.5 Å². The molecule has 10 heteroatoms. The highest BCUT2D eigenvalue weighted by molar-refractivity contribution is 6.33. The van der Waals surface area contributed by atoms with Gasteiger partial charge in [-0.2, -0.15) is 0 Å². The van der Waals surface area contributed by atoms with Crippen molar-refractivity contribution in [3.63, 3.8) is 0 Å². The molecule has 3 aliphatic rings. The molecule has 0 bridgehead atoms. The van der Waals surface area contributed by atoms with E-state index in [1.165, 1.54) is 6.07 Å². The summed E-state index contributed by atoms with van der Waals surface area (Å²) in [5, 5.41) is 10.9. The average Bonchev–Trinajstić information content (AvgIpc) is 3.36. The number of anilines is 2. The van der Waals surface area contributed by atoms with E-state index in [0.717, 1.165) is 63.1 Å². The Labute approximate surface area is 229 Å². The Morgan fingerprint density at radius 1 is 1.00 bits per heavy atom. The molecule has 2 aromatic heterocycles. The molecule has 0 atom stereocenters. The SMILES string of the molecule is CC1(CNc2nc(-c3cc(N[C@H]4CC[C@H](NCC5(C)OCCO5)CC4)ncc3Cl)ccc2F)CCOCC1. The number of pyridine rings is 2. The largest absolute Gasteiger partial charge is 0.381 e. The maximum Gasteiger partial charge on any atom is 0.178 e. The second-order valence-corrected chi connectivity index (χ2v) is 11.7. The first-order valence-corrected chi connectivity index (χ1v) is 14.1. The molecule has 1 aliphatic carbocycles.